The van der Waals surface area contributed by atoms with Gasteiger partial charge in [-0.2, -0.15) is 0 Å². The molecule has 1 aliphatic heterocycles. The number of likely N-dealkylation sites (N-methyl/N-ethyl adjacent to an activating group) is 1. The summed E-state index contributed by atoms with van der Waals surface area (Å²) in [6, 6.07) is 6.86. The predicted octanol–water partition coefficient (Wildman–Crippen LogP) is 4.58. The van der Waals surface area contributed by atoms with Gasteiger partial charge in [-0.05, 0) is 51.6 Å². The SMILES string of the molecule is CC(Cl)c1nc2cc(Br)ccc2n1CC1CCCCN1C. The average Bonchev–Trinajstić information content (AvgIpc) is 2.79. The molecule has 114 valence electrons. The van der Waals surface area contributed by atoms with Crippen LogP contribution >= 0.6 is 27.5 Å². The zero-order chi connectivity index (χ0) is 15.0. The molecule has 0 bridgehead atoms. The van der Waals surface area contributed by atoms with Crippen LogP contribution in [-0.4, -0.2) is 34.1 Å². The van der Waals surface area contributed by atoms with E-state index in [-0.39, 0.29) is 5.38 Å². The fourth-order valence-electron chi connectivity index (χ4n) is 3.20. The number of fused-ring (bicyclic) bond motifs is 1. The molecule has 2 aromatic rings. The highest BCUT2D eigenvalue weighted by atomic mass is 79.9. The lowest BCUT2D eigenvalue weighted by molar-refractivity contribution is 0.167. The second kappa shape index (κ2) is 6.27. The number of piperidine rings is 1. The average molecular weight is 371 g/mol. The summed E-state index contributed by atoms with van der Waals surface area (Å²) >= 11 is 9.89. The number of likely N-dealkylation sites (tertiary alicyclic amines) is 1. The Morgan fingerprint density at radius 1 is 1.43 bits per heavy atom. The van der Waals surface area contributed by atoms with Crippen LogP contribution < -0.4 is 0 Å². The molecule has 2 atom stereocenters. The minimum Gasteiger partial charge on any atom is -0.325 e. The molecule has 1 aromatic heterocycles. The molecule has 5 heteroatoms. The summed E-state index contributed by atoms with van der Waals surface area (Å²) in [7, 11) is 2.23. The van der Waals surface area contributed by atoms with Crippen molar-refractivity contribution in [2.75, 3.05) is 13.6 Å². The number of hydrogen-bond donors (Lipinski definition) is 0. The molecule has 0 saturated carbocycles. The molecule has 1 aromatic carbocycles. The largest absolute Gasteiger partial charge is 0.325 e. The molecule has 0 aliphatic carbocycles. The zero-order valence-corrected chi connectivity index (χ0v) is 14.9. The Labute approximate surface area is 139 Å². The molecule has 0 spiro atoms. The Kier molecular flexibility index (Phi) is 4.57. The van der Waals surface area contributed by atoms with E-state index in [0.29, 0.717) is 6.04 Å². The number of halogens is 2. The van der Waals surface area contributed by atoms with Crippen LogP contribution in [-0.2, 0) is 6.54 Å². The molecular formula is C16H21BrClN3. The van der Waals surface area contributed by atoms with Gasteiger partial charge >= 0.3 is 0 Å². The van der Waals surface area contributed by atoms with E-state index in [9.17, 15) is 0 Å². The fraction of sp³-hybridized carbons (Fsp3) is 0.562. The van der Waals surface area contributed by atoms with Gasteiger partial charge in [0.15, 0.2) is 0 Å². The normalized spacial score (nSPS) is 21.8. The van der Waals surface area contributed by atoms with Crippen LogP contribution in [0.5, 0.6) is 0 Å². The van der Waals surface area contributed by atoms with Gasteiger partial charge in [0.1, 0.15) is 5.82 Å². The Morgan fingerprint density at radius 3 is 2.95 bits per heavy atom. The highest BCUT2D eigenvalue weighted by Crippen LogP contribution is 2.28. The molecule has 2 unspecified atom stereocenters. The lowest BCUT2D eigenvalue weighted by atomic mass is 10.0. The van der Waals surface area contributed by atoms with E-state index in [1.165, 1.54) is 31.3 Å². The van der Waals surface area contributed by atoms with Gasteiger partial charge in [-0.25, -0.2) is 4.98 Å². The third-order valence-corrected chi connectivity index (χ3v) is 5.10. The van der Waals surface area contributed by atoms with Crippen molar-refractivity contribution in [3.05, 3.63) is 28.5 Å². The molecule has 1 fully saturated rings. The van der Waals surface area contributed by atoms with Crippen LogP contribution in [0.3, 0.4) is 0 Å². The van der Waals surface area contributed by atoms with Gasteiger partial charge < -0.3 is 9.47 Å². The van der Waals surface area contributed by atoms with Crippen molar-refractivity contribution in [3.63, 3.8) is 0 Å². The Balaban J connectivity index is 2.00. The number of alkyl halides is 1. The van der Waals surface area contributed by atoms with Crippen molar-refractivity contribution in [3.8, 4) is 0 Å². The smallest absolute Gasteiger partial charge is 0.127 e. The quantitative estimate of drug-likeness (QED) is 0.737. The summed E-state index contributed by atoms with van der Waals surface area (Å²) in [5.74, 6) is 0.976. The molecule has 0 N–H and O–H groups in total. The van der Waals surface area contributed by atoms with E-state index in [1.807, 2.05) is 6.92 Å². The fourth-order valence-corrected chi connectivity index (χ4v) is 3.72. The molecule has 3 nitrogen and oxygen atoms in total. The van der Waals surface area contributed by atoms with Crippen molar-refractivity contribution in [1.29, 1.82) is 0 Å². The van der Waals surface area contributed by atoms with E-state index in [2.05, 4.69) is 50.6 Å². The maximum Gasteiger partial charge on any atom is 0.127 e. The first-order chi connectivity index (χ1) is 10.1. The van der Waals surface area contributed by atoms with Crippen LogP contribution in [0.25, 0.3) is 11.0 Å². The first-order valence-electron chi connectivity index (χ1n) is 7.56. The van der Waals surface area contributed by atoms with Gasteiger partial charge in [0.2, 0.25) is 0 Å². The van der Waals surface area contributed by atoms with Gasteiger partial charge in [0.25, 0.3) is 0 Å². The summed E-state index contributed by atoms with van der Waals surface area (Å²) in [6.45, 7) is 4.16. The summed E-state index contributed by atoms with van der Waals surface area (Å²) in [4.78, 5) is 7.22. The Hall–Kier alpha value is -0.580. The number of benzene rings is 1. The van der Waals surface area contributed by atoms with Crippen molar-refractivity contribution in [2.45, 2.75) is 44.1 Å². The lowest BCUT2D eigenvalue weighted by Crippen LogP contribution is -2.39. The molecule has 3 rings (SSSR count). The lowest BCUT2D eigenvalue weighted by Gasteiger charge is -2.33. The number of imidazole rings is 1. The zero-order valence-electron chi connectivity index (χ0n) is 12.5. The van der Waals surface area contributed by atoms with E-state index in [1.54, 1.807) is 0 Å². The minimum absolute atomic E-state index is 0.0786. The molecule has 2 heterocycles. The minimum atomic E-state index is -0.0786. The highest BCUT2D eigenvalue weighted by Gasteiger charge is 2.23. The summed E-state index contributed by atoms with van der Waals surface area (Å²) in [6.07, 6.45) is 3.88. The van der Waals surface area contributed by atoms with Gasteiger partial charge in [0.05, 0.1) is 16.4 Å². The number of nitrogens with zero attached hydrogens (tertiary/aromatic N) is 3. The number of rotatable bonds is 3. The molecule has 1 aliphatic rings. The second-order valence-corrected chi connectivity index (χ2v) is 7.53. The van der Waals surface area contributed by atoms with Gasteiger partial charge in [0, 0.05) is 17.1 Å². The van der Waals surface area contributed by atoms with Crippen LogP contribution in [0.2, 0.25) is 0 Å². The van der Waals surface area contributed by atoms with Crippen LogP contribution in [0, 0.1) is 0 Å². The monoisotopic (exact) mass is 369 g/mol. The van der Waals surface area contributed by atoms with Crippen LogP contribution in [0.15, 0.2) is 22.7 Å². The number of hydrogen-bond acceptors (Lipinski definition) is 2. The highest BCUT2D eigenvalue weighted by molar-refractivity contribution is 9.10. The maximum atomic E-state index is 6.36. The topological polar surface area (TPSA) is 21.1 Å². The van der Waals surface area contributed by atoms with Crippen molar-refractivity contribution < 1.29 is 0 Å². The van der Waals surface area contributed by atoms with Gasteiger partial charge in [-0.3, -0.25) is 0 Å². The van der Waals surface area contributed by atoms with Crippen molar-refractivity contribution in [1.82, 2.24) is 14.5 Å². The number of aromatic nitrogens is 2. The molecule has 1 saturated heterocycles. The maximum absolute atomic E-state index is 6.36. The van der Waals surface area contributed by atoms with E-state index in [0.717, 1.165) is 22.4 Å². The first kappa shape index (κ1) is 15.3. The third kappa shape index (κ3) is 3.13. The van der Waals surface area contributed by atoms with Gasteiger partial charge in [-0.1, -0.05) is 22.4 Å². The molecule has 0 amide bonds. The summed E-state index contributed by atoms with van der Waals surface area (Å²) in [5.41, 5.74) is 2.20. The summed E-state index contributed by atoms with van der Waals surface area (Å²) in [5, 5.41) is -0.0786. The van der Waals surface area contributed by atoms with E-state index < -0.39 is 0 Å². The Bertz CT molecular complexity index is 638. The third-order valence-electron chi connectivity index (χ3n) is 4.41. The second-order valence-electron chi connectivity index (χ2n) is 5.96. The Morgan fingerprint density at radius 2 is 2.24 bits per heavy atom. The first-order valence-corrected chi connectivity index (χ1v) is 8.79. The molecule has 0 radical (unpaired) electrons. The van der Waals surface area contributed by atoms with Crippen molar-refractivity contribution >= 4 is 38.6 Å². The van der Waals surface area contributed by atoms with Crippen LogP contribution in [0.4, 0.5) is 0 Å². The molecule has 21 heavy (non-hydrogen) atoms. The molecular weight excluding hydrogens is 350 g/mol. The van der Waals surface area contributed by atoms with Crippen molar-refractivity contribution in [2.24, 2.45) is 0 Å². The standard InChI is InChI=1S/C16H21BrClN3/c1-11(18)16-19-14-9-12(17)6-7-15(14)21(16)10-13-5-3-4-8-20(13)2/h6-7,9,11,13H,3-5,8,10H2,1-2H3. The predicted molar refractivity (Wildman–Crippen MR) is 92.0 cm³/mol. The van der Waals surface area contributed by atoms with E-state index in [4.69, 9.17) is 16.6 Å². The van der Waals surface area contributed by atoms with E-state index >= 15 is 0 Å². The summed E-state index contributed by atoms with van der Waals surface area (Å²) < 4.78 is 3.37. The van der Waals surface area contributed by atoms with Crippen LogP contribution in [0.1, 0.15) is 37.4 Å². The van der Waals surface area contributed by atoms with Gasteiger partial charge in [-0.15, -0.1) is 11.6 Å².